The Bertz CT molecular complexity index is 305. The van der Waals surface area contributed by atoms with Gasteiger partial charge in [-0.05, 0) is 32.2 Å². The van der Waals surface area contributed by atoms with Crippen LogP contribution >= 0.6 is 0 Å². The van der Waals surface area contributed by atoms with E-state index < -0.39 is 10.0 Å². The van der Waals surface area contributed by atoms with E-state index in [4.69, 9.17) is 10.5 Å². The number of nitrogens with one attached hydrogen (secondary N) is 1. The maximum Gasteiger partial charge on any atom is 0.214 e. The average Bonchev–Trinajstić information content (AvgIpc) is 2.63. The molecule has 0 bridgehead atoms. The molecule has 5 nitrogen and oxygen atoms in total. The fourth-order valence-corrected chi connectivity index (χ4v) is 3.75. The summed E-state index contributed by atoms with van der Waals surface area (Å²) in [7, 11) is -1.74. The molecule has 0 heterocycles. The standard InChI is InChI=1S/C10H22N2O3S/c1-8(15-2)7-16(13,14)12-10-5-3-4-9(10)6-11/h8-10,12H,3-7,11H2,1-2H3. The Labute approximate surface area is 97.8 Å². The van der Waals surface area contributed by atoms with E-state index in [0.29, 0.717) is 6.54 Å². The van der Waals surface area contributed by atoms with E-state index in [1.54, 1.807) is 6.92 Å². The maximum atomic E-state index is 11.8. The Morgan fingerprint density at radius 2 is 2.19 bits per heavy atom. The van der Waals surface area contributed by atoms with Crippen molar-refractivity contribution in [2.75, 3.05) is 19.4 Å². The molecule has 96 valence electrons. The van der Waals surface area contributed by atoms with Gasteiger partial charge in [0.15, 0.2) is 0 Å². The van der Waals surface area contributed by atoms with Gasteiger partial charge in [0.2, 0.25) is 10.0 Å². The second-order valence-corrected chi connectivity index (χ2v) is 6.28. The van der Waals surface area contributed by atoms with Crippen molar-refractivity contribution in [1.82, 2.24) is 4.72 Å². The minimum Gasteiger partial charge on any atom is -0.381 e. The summed E-state index contributed by atoms with van der Waals surface area (Å²) >= 11 is 0. The Kier molecular flexibility index (Phi) is 5.17. The molecule has 0 amide bonds. The third-order valence-electron chi connectivity index (χ3n) is 3.15. The van der Waals surface area contributed by atoms with Crippen molar-refractivity contribution in [2.24, 2.45) is 11.7 Å². The van der Waals surface area contributed by atoms with Crippen molar-refractivity contribution in [3.8, 4) is 0 Å². The second kappa shape index (κ2) is 5.95. The molecule has 1 saturated carbocycles. The largest absolute Gasteiger partial charge is 0.381 e. The number of ether oxygens (including phenoxy) is 1. The van der Waals surface area contributed by atoms with Crippen molar-refractivity contribution < 1.29 is 13.2 Å². The number of hydrogen-bond donors (Lipinski definition) is 2. The van der Waals surface area contributed by atoms with Crippen LogP contribution in [0.25, 0.3) is 0 Å². The van der Waals surface area contributed by atoms with Crippen molar-refractivity contribution in [3.05, 3.63) is 0 Å². The van der Waals surface area contributed by atoms with Gasteiger partial charge in [0.05, 0.1) is 11.9 Å². The highest BCUT2D eigenvalue weighted by Crippen LogP contribution is 2.25. The molecule has 3 unspecified atom stereocenters. The first-order valence-corrected chi connectivity index (χ1v) is 7.36. The van der Waals surface area contributed by atoms with Gasteiger partial charge in [-0.15, -0.1) is 0 Å². The van der Waals surface area contributed by atoms with E-state index in [-0.39, 0.29) is 23.8 Å². The fraction of sp³-hybridized carbons (Fsp3) is 1.00. The van der Waals surface area contributed by atoms with Crippen molar-refractivity contribution in [1.29, 1.82) is 0 Å². The van der Waals surface area contributed by atoms with Crippen LogP contribution in [0.5, 0.6) is 0 Å². The van der Waals surface area contributed by atoms with Crippen LogP contribution in [-0.2, 0) is 14.8 Å². The summed E-state index contributed by atoms with van der Waals surface area (Å²) in [5.41, 5.74) is 5.61. The van der Waals surface area contributed by atoms with Gasteiger partial charge in [0, 0.05) is 13.2 Å². The van der Waals surface area contributed by atoms with Crippen molar-refractivity contribution >= 4 is 10.0 Å². The molecule has 0 aromatic heterocycles. The lowest BCUT2D eigenvalue weighted by molar-refractivity contribution is 0.136. The summed E-state index contributed by atoms with van der Waals surface area (Å²) in [6.07, 6.45) is 2.68. The minimum atomic E-state index is -3.25. The van der Waals surface area contributed by atoms with E-state index in [1.165, 1.54) is 7.11 Å². The maximum absolute atomic E-state index is 11.8. The monoisotopic (exact) mass is 250 g/mol. The smallest absolute Gasteiger partial charge is 0.214 e. The minimum absolute atomic E-state index is 0.0112. The van der Waals surface area contributed by atoms with Gasteiger partial charge in [0.25, 0.3) is 0 Å². The highest BCUT2D eigenvalue weighted by molar-refractivity contribution is 7.89. The van der Waals surface area contributed by atoms with Crippen LogP contribution in [0.2, 0.25) is 0 Å². The third kappa shape index (κ3) is 4.01. The van der Waals surface area contributed by atoms with Gasteiger partial charge in [-0.2, -0.15) is 0 Å². The SMILES string of the molecule is COC(C)CS(=O)(=O)NC1CCCC1CN. The van der Waals surface area contributed by atoms with Crippen LogP contribution in [0.4, 0.5) is 0 Å². The predicted octanol–water partition coefficient (Wildman–Crippen LogP) is 0.0681. The van der Waals surface area contributed by atoms with Crippen LogP contribution in [0.1, 0.15) is 26.2 Å². The second-order valence-electron chi connectivity index (χ2n) is 4.48. The van der Waals surface area contributed by atoms with Crippen molar-refractivity contribution in [2.45, 2.75) is 38.3 Å². The van der Waals surface area contributed by atoms with E-state index >= 15 is 0 Å². The number of sulfonamides is 1. The highest BCUT2D eigenvalue weighted by atomic mass is 32.2. The molecule has 3 atom stereocenters. The lowest BCUT2D eigenvalue weighted by Crippen LogP contribution is -2.42. The lowest BCUT2D eigenvalue weighted by atomic mass is 10.1. The number of methoxy groups -OCH3 is 1. The average molecular weight is 250 g/mol. The zero-order valence-corrected chi connectivity index (χ0v) is 10.8. The number of hydrogen-bond acceptors (Lipinski definition) is 4. The lowest BCUT2D eigenvalue weighted by Gasteiger charge is -2.20. The van der Waals surface area contributed by atoms with Gasteiger partial charge in [0.1, 0.15) is 0 Å². The molecule has 1 rings (SSSR count). The van der Waals surface area contributed by atoms with Gasteiger partial charge in [-0.1, -0.05) is 6.42 Å². The fourth-order valence-electron chi connectivity index (χ4n) is 2.13. The van der Waals surface area contributed by atoms with E-state index in [9.17, 15) is 8.42 Å². The number of rotatable bonds is 6. The van der Waals surface area contributed by atoms with Gasteiger partial charge >= 0.3 is 0 Å². The molecule has 3 N–H and O–H groups in total. The van der Waals surface area contributed by atoms with E-state index in [2.05, 4.69) is 4.72 Å². The van der Waals surface area contributed by atoms with Gasteiger partial charge < -0.3 is 10.5 Å². The molecular weight excluding hydrogens is 228 g/mol. The van der Waals surface area contributed by atoms with E-state index in [0.717, 1.165) is 19.3 Å². The van der Waals surface area contributed by atoms with Crippen LogP contribution in [0.3, 0.4) is 0 Å². The molecule has 1 aliphatic carbocycles. The Morgan fingerprint density at radius 3 is 2.75 bits per heavy atom. The van der Waals surface area contributed by atoms with Crippen molar-refractivity contribution in [3.63, 3.8) is 0 Å². The zero-order valence-electron chi connectivity index (χ0n) is 9.98. The normalized spacial score (nSPS) is 28.2. The molecule has 0 aliphatic heterocycles. The summed E-state index contributed by atoms with van der Waals surface area (Å²) in [5.74, 6) is 0.296. The summed E-state index contributed by atoms with van der Waals surface area (Å²) in [6.45, 7) is 2.29. The molecule has 0 radical (unpaired) electrons. The summed E-state index contributed by atoms with van der Waals surface area (Å²) < 4.78 is 31.3. The van der Waals surface area contributed by atoms with Crippen LogP contribution in [0, 0.1) is 5.92 Å². The molecular formula is C10H22N2O3S. The molecule has 1 aliphatic rings. The van der Waals surface area contributed by atoms with Gasteiger partial charge in [-0.25, -0.2) is 13.1 Å². The number of nitrogens with two attached hydrogens (primary N) is 1. The Balaban J connectivity index is 2.52. The van der Waals surface area contributed by atoms with Crippen LogP contribution < -0.4 is 10.5 Å². The third-order valence-corrected chi connectivity index (χ3v) is 4.72. The first-order valence-electron chi connectivity index (χ1n) is 5.71. The molecule has 0 saturated heterocycles. The van der Waals surface area contributed by atoms with Crippen LogP contribution in [0.15, 0.2) is 0 Å². The predicted molar refractivity (Wildman–Crippen MR) is 63.6 cm³/mol. The Morgan fingerprint density at radius 1 is 1.50 bits per heavy atom. The van der Waals surface area contributed by atoms with E-state index in [1.807, 2.05) is 0 Å². The topological polar surface area (TPSA) is 81.4 Å². The molecule has 0 aromatic carbocycles. The zero-order chi connectivity index (χ0) is 12.2. The van der Waals surface area contributed by atoms with Gasteiger partial charge in [-0.3, -0.25) is 0 Å². The summed E-state index contributed by atoms with van der Waals surface area (Å²) in [5, 5.41) is 0. The molecule has 0 aromatic rings. The molecule has 16 heavy (non-hydrogen) atoms. The molecule has 0 spiro atoms. The summed E-state index contributed by atoms with van der Waals surface area (Å²) in [6, 6.07) is 0.0130. The highest BCUT2D eigenvalue weighted by Gasteiger charge is 2.30. The molecule has 1 fully saturated rings. The quantitative estimate of drug-likeness (QED) is 0.699. The Hall–Kier alpha value is -0.170. The first-order chi connectivity index (χ1) is 7.48. The first kappa shape index (κ1) is 13.9. The van der Waals surface area contributed by atoms with Crippen LogP contribution in [-0.4, -0.2) is 40.0 Å². The summed E-state index contributed by atoms with van der Waals surface area (Å²) in [4.78, 5) is 0. The molecule has 6 heteroatoms.